The lowest BCUT2D eigenvalue weighted by Crippen LogP contribution is -2.41. The molecule has 0 radical (unpaired) electrons. The second kappa shape index (κ2) is 7.85. The molecule has 0 spiro atoms. The quantitative estimate of drug-likeness (QED) is 0.834. The molecule has 0 atom stereocenters. The van der Waals surface area contributed by atoms with Crippen molar-refractivity contribution >= 4 is 5.91 Å². The van der Waals surface area contributed by atoms with Gasteiger partial charge in [-0.25, -0.2) is 4.79 Å². The molecule has 7 heteroatoms. The van der Waals surface area contributed by atoms with Gasteiger partial charge in [0.25, 0.3) is 5.91 Å². The monoisotopic (exact) mass is 328 g/mol. The molecule has 126 valence electrons. The average Bonchev–Trinajstić information content (AvgIpc) is 2.63. The number of hydrogen-bond donors (Lipinski definition) is 2. The molecule has 1 aromatic heterocycles. The minimum absolute atomic E-state index is 0.218. The van der Waals surface area contributed by atoms with Crippen molar-refractivity contribution in [3.63, 3.8) is 0 Å². The SMILES string of the molecule is O=C(NCCN1CCOCC1)c1cc(-c2ccccc2)nc(=O)[nH]1. The summed E-state index contributed by atoms with van der Waals surface area (Å²) in [6, 6.07) is 10.9. The van der Waals surface area contributed by atoms with Crippen LogP contribution in [0.3, 0.4) is 0 Å². The molecule has 0 saturated carbocycles. The summed E-state index contributed by atoms with van der Waals surface area (Å²) in [5.74, 6) is -0.306. The van der Waals surface area contributed by atoms with Crippen LogP contribution >= 0.6 is 0 Å². The van der Waals surface area contributed by atoms with Gasteiger partial charge in [-0.2, -0.15) is 4.98 Å². The summed E-state index contributed by atoms with van der Waals surface area (Å²) >= 11 is 0. The molecule has 0 unspecified atom stereocenters. The van der Waals surface area contributed by atoms with Gasteiger partial charge in [-0.15, -0.1) is 0 Å². The highest BCUT2D eigenvalue weighted by molar-refractivity contribution is 5.93. The first kappa shape index (κ1) is 16.4. The first-order chi connectivity index (χ1) is 11.7. The second-order valence-corrected chi connectivity index (χ2v) is 5.56. The average molecular weight is 328 g/mol. The number of carbonyl (C=O) groups is 1. The largest absolute Gasteiger partial charge is 0.379 e. The molecule has 1 saturated heterocycles. The van der Waals surface area contributed by atoms with Crippen LogP contribution < -0.4 is 11.0 Å². The third kappa shape index (κ3) is 4.27. The maximum absolute atomic E-state index is 12.3. The van der Waals surface area contributed by atoms with E-state index in [1.165, 1.54) is 0 Å². The Labute approximate surface area is 139 Å². The topological polar surface area (TPSA) is 87.3 Å². The molecule has 0 aliphatic carbocycles. The minimum atomic E-state index is -0.533. The van der Waals surface area contributed by atoms with Gasteiger partial charge in [0.05, 0.1) is 18.9 Å². The molecular weight excluding hydrogens is 308 g/mol. The Morgan fingerprint density at radius 1 is 1.25 bits per heavy atom. The van der Waals surface area contributed by atoms with Crippen LogP contribution in [0.4, 0.5) is 0 Å². The molecule has 1 aromatic carbocycles. The highest BCUT2D eigenvalue weighted by Crippen LogP contribution is 2.15. The number of hydrogen-bond acceptors (Lipinski definition) is 5. The van der Waals surface area contributed by atoms with Crippen molar-refractivity contribution < 1.29 is 9.53 Å². The lowest BCUT2D eigenvalue weighted by Gasteiger charge is -2.26. The van der Waals surface area contributed by atoms with Crippen LogP contribution in [-0.2, 0) is 4.74 Å². The van der Waals surface area contributed by atoms with E-state index in [1.807, 2.05) is 30.3 Å². The fourth-order valence-electron chi connectivity index (χ4n) is 2.58. The molecule has 1 amide bonds. The van der Waals surface area contributed by atoms with Gasteiger partial charge in [-0.1, -0.05) is 30.3 Å². The molecule has 2 N–H and O–H groups in total. The smallest absolute Gasteiger partial charge is 0.346 e. The first-order valence-electron chi connectivity index (χ1n) is 7.97. The summed E-state index contributed by atoms with van der Waals surface area (Å²) in [5, 5.41) is 2.83. The summed E-state index contributed by atoms with van der Waals surface area (Å²) in [5.41, 5.74) is 0.967. The van der Waals surface area contributed by atoms with Gasteiger partial charge >= 0.3 is 5.69 Å². The predicted molar refractivity (Wildman–Crippen MR) is 89.9 cm³/mol. The van der Waals surface area contributed by atoms with E-state index in [0.29, 0.717) is 12.2 Å². The van der Waals surface area contributed by atoms with Crippen molar-refractivity contribution in [3.8, 4) is 11.3 Å². The van der Waals surface area contributed by atoms with E-state index < -0.39 is 5.69 Å². The van der Waals surface area contributed by atoms with Crippen LogP contribution in [0.25, 0.3) is 11.3 Å². The Morgan fingerprint density at radius 2 is 2.00 bits per heavy atom. The molecule has 24 heavy (non-hydrogen) atoms. The number of amides is 1. The Hall–Kier alpha value is -2.51. The summed E-state index contributed by atoms with van der Waals surface area (Å²) in [4.78, 5) is 32.7. The van der Waals surface area contributed by atoms with E-state index in [9.17, 15) is 9.59 Å². The lowest BCUT2D eigenvalue weighted by molar-refractivity contribution is 0.0383. The van der Waals surface area contributed by atoms with E-state index in [1.54, 1.807) is 6.07 Å². The Morgan fingerprint density at radius 3 is 2.75 bits per heavy atom. The summed E-state index contributed by atoms with van der Waals surface area (Å²) in [7, 11) is 0. The van der Waals surface area contributed by atoms with Crippen molar-refractivity contribution in [2.24, 2.45) is 0 Å². The van der Waals surface area contributed by atoms with Gasteiger partial charge in [-0.3, -0.25) is 9.69 Å². The molecule has 7 nitrogen and oxygen atoms in total. The lowest BCUT2D eigenvalue weighted by atomic mass is 10.1. The zero-order valence-electron chi connectivity index (χ0n) is 13.3. The summed E-state index contributed by atoms with van der Waals surface area (Å²) in [6.45, 7) is 4.48. The van der Waals surface area contributed by atoms with Crippen LogP contribution in [0.2, 0.25) is 0 Å². The maximum Gasteiger partial charge on any atom is 0.346 e. The normalized spacial score (nSPS) is 15.2. The second-order valence-electron chi connectivity index (χ2n) is 5.56. The van der Waals surface area contributed by atoms with Gasteiger partial charge in [0.2, 0.25) is 0 Å². The van der Waals surface area contributed by atoms with Crippen molar-refractivity contribution in [1.82, 2.24) is 20.2 Å². The molecule has 3 rings (SSSR count). The van der Waals surface area contributed by atoms with Gasteiger partial charge in [-0.05, 0) is 6.07 Å². The van der Waals surface area contributed by atoms with Crippen molar-refractivity contribution in [3.05, 3.63) is 52.6 Å². The third-order valence-corrected chi connectivity index (χ3v) is 3.88. The molecular formula is C17H20N4O3. The number of H-pyrrole nitrogens is 1. The molecule has 2 heterocycles. The fourth-order valence-corrected chi connectivity index (χ4v) is 2.58. The predicted octanol–water partition coefficient (Wildman–Crippen LogP) is 0.499. The number of aromatic amines is 1. The van der Waals surface area contributed by atoms with Crippen molar-refractivity contribution in [2.45, 2.75) is 0 Å². The van der Waals surface area contributed by atoms with Gasteiger partial charge in [0.1, 0.15) is 5.69 Å². The van der Waals surface area contributed by atoms with Crippen LogP contribution in [0, 0.1) is 0 Å². The molecule has 0 bridgehead atoms. The van der Waals surface area contributed by atoms with E-state index in [0.717, 1.165) is 38.4 Å². The standard InChI is InChI=1S/C17H20N4O3/c22-16(18-6-7-21-8-10-24-11-9-21)15-12-14(19-17(23)20-15)13-4-2-1-3-5-13/h1-5,12H,6-11H2,(H,18,22)(H,19,20,23). The summed E-state index contributed by atoms with van der Waals surface area (Å²) in [6.07, 6.45) is 0. The number of carbonyl (C=O) groups excluding carboxylic acids is 1. The van der Waals surface area contributed by atoms with Crippen LogP contribution in [-0.4, -0.2) is 60.2 Å². The van der Waals surface area contributed by atoms with Gasteiger partial charge < -0.3 is 15.0 Å². The molecule has 1 aliphatic heterocycles. The van der Waals surface area contributed by atoms with Crippen molar-refractivity contribution in [1.29, 1.82) is 0 Å². The van der Waals surface area contributed by atoms with Crippen LogP contribution in [0.15, 0.2) is 41.2 Å². The van der Waals surface area contributed by atoms with Crippen LogP contribution in [0.5, 0.6) is 0 Å². The minimum Gasteiger partial charge on any atom is -0.379 e. The Bertz CT molecular complexity index is 739. The van der Waals surface area contributed by atoms with Crippen LogP contribution in [0.1, 0.15) is 10.5 Å². The highest BCUT2D eigenvalue weighted by Gasteiger charge is 2.12. The zero-order valence-corrected chi connectivity index (χ0v) is 13.3. The number of nitrogens with one attached hydrogen (secondary N) is 2. The molecule has 1 aliphatic rings. The number of benzene rings is 1. The first-order valence-corrected chi connectivity index (χ1v) is 7.97. The molecule has 1 fully saturated rings. The number of aromatic nitrogens is 2. The Balaban J connectivity index is 1.64. The van der Waals surface area contributed by atoms with Gasteiger partial charge in [0, 0.05) is 31.7 Å². The number of rotatable bonds is 5. The number of nitrogens with zero attached hydrogens (tertiary/aromatic N) is 2. The number of ether oxygens (including phenoxy) is 1. The Kier molecular flexibility index (Phi) is 5.35. The summed E-state index contributed by atoms with van der Waals surface area (Å²) < 4.78 is 5.29. The van der Waals surface area contributed by atoms with E-state index in [-0.39, 0.29) is 11.6 Å². The van der Waals surface area contributed by atoms with E-state index in [4.69, 9.17) is 4.74 Å². The maximum atomic E-state index is 12.3. The van der Waals surface area contributed by atoms with Gasteiger partial charge in [0.15, 0.2) is 0 Å². The van der Waals surface area contributed by atoms with Crippen molar-refractivity contribution in [2.75, 3.05) is 39.4 Å². The fraction of sp³-hybridized carbons (Fsp3) is 0.353. The van der Waals surface area contributed by atoms with E-state index >= 15 is 0 Å². The number of morpholine rings is 1. The zero-order chi connectivity index (χ0) is 16.8. The van der Waals surface area contributed by atoms with E-state index in [2.05, 4.69) is 20.2 Å². The third-order valence-electron chi connectivity index (χ3n) is 3.88. The highest BCUT2D eigenvalue weighted by atomic mass is 16.5. The molecule has 2 aromatic rings.